The lowest BCUT2D eigenvalue weighted by molar-refractivity contribution is 0.909. The van der Waals surface area contributed by atoms with Crippen LogP contribution in [0.1, 0.15) is 18.9 Å². The van der Waals surface area contributed by atoms with Crippen molar-refractivity contribution in [2.45, 2.75) is 19.8 Å². The number of nitrogens with zero attached hydrogens (tertiary/aromatic N) is 2. The molecule has 0 saturated heterocycles. The Labute approximate surface area is 107 Å². The summed E-state index contributed by atoms with van der Waals surface area (Å²) in [6, 6.07) is 2.02. The normalized spacial score (nSPS) is 10.6. The highest BCUT2D eigenvalue weighted by Crippen LogP contribution is 2.35. The molecule has 0 radical (unpaired) electrons. The molecule has 0 aliphatic rings. The lowest BCUT2D eigenvalue weighted by atomic mass is 10.1. The average Bonchev–Trinajstić information content (AvgIpc) is 2.68. The predicted molar refractivity (Wildman–Crippen MR) is 71.5 cm³/mol. The SMILES string of the molecule is CCCc1c(N)ncnc1-c1sccc1Br. The van der Waals surface area contributed by atoms with E-state index in [0.29, 0.717) is 5.82 Å². The molecule has 2 aromatic rings. The smallest absolute Gasteiger partial charge is 0.130 e. The molecule has 2 N–H and O–H groups in total. The Morgan fingerprint density at radius 2 is 2.25 bits per heavy atom. The van der Waals surface area contributed by atoms with Crippen LogP contribution in [-0.4, -0.2) is 9.97 Å². The van der Waals surface area contributed by atoms with Gasteiger partial charge in [0.15, 0.2) is 0 Å². The summed E-state index contributed by atoms with van der Waals surface area (Å²) in [6.45, 7) is 2.12. The quantitative estimate of drug-likeness (QED) is 0.943. The predicted octanol–water partition coefficient (Wildman–Crippen LogP) is 3.50. The Morgan fingerprint density at radius 1 is 1.44 bits per heavy atom. The summed E-state index contributed by atoms with van der Waals surface area (Å²) >= 11 is 5.18. The molecule has 2 heterocycles. The van der Waals surface area contributed by atoms with Crippen LogP contribution in [0.15, 0.2) is 22.2 Å². The van der Waals surface area contributed by atoms with Gasteiger partial charge in [-0.15, -0.1) is 11.3 Å². The topological polar surface area (TPSA) is 51.8 Å². The maximum absolute atomic E-state index is 5.90. The molecule has 0 aliphatic carbocycles. The maximum atomic E-state index is 5.90. The summed E-state index contributed by atoms with van der Waals surface area (Å²) in [7, 11) is 0. The number of thiophene rings is 1. The number of hydrogen-bond acceptors (Lipinski definition) is 4. The molecular weight excluding hydrogens is 286 g/mol. The fourth-order valence-electron chi connectivity index (χ4n) is 1.58. The number of hydrogen-bond donors (Lipinski definition) is 1. The fraction of sp³-hybridized carbons (Fsp3) is 0.273. The number of aromatic nitrogens is 2. The minimum atomic E-state index is 0.590. The van der Waals surface area contributed by atoms with Crippen molar-refractivity contribution in [1.29, 1.82) is 0 Å². The molecule has 0 bridgehead atoms. The first-order valence-electron chi connectivity index (χ1n) is 5.06. The Morgan fingerprint density at radius 3 is 2.88 bits per heavy atom. The molecule has 84 valence electrons. The number of nitrogen functional groups attached to an aromatic ring is 1. The van der Waals surface area contributed by atoms with E-state index in [-0.39, 0.29) is 0 Å². The average molecular weight is 298 g/mol. The zero-order chi connectivity index (χ0) is 11.5. The number of anilines is 1. The van der Waals surface area contributed by atoms with Crippen LogP contribution >= 0.6 is 27.3 Å². The number of rotatable bonds is 3. The largest absolute Gasteiger partial charge is 0.383 e. The summed E-state index contributed by atoms with van der Waals surface area (Å²) in [5.41, 5.74) is 7.91. The highest BCUT2D eigenvalue weighted by Gasteiger charge is 2.13. The van der Waals surface area contributed by atoms with Crippen LogP contribution in [0.2, 0.25) is 0 Å². The van der Waals surface area contributed by atoms with Crippen LogP contribution in [0, 0.1) is 0 Å². The van der Waals surface area contributed by atoms with Crippen molar-refractivity contribution in [3.05, 3.63) is 27.8 Å². The minimum absolute atomic E-state index is 0.590. The lowest BCUT2D eigenvalue weighted by Crippen LogP contribution is -2.01. The van der Waals surface area contributed by atoms with E-state index in [0.717, 1.165) is 33.4 Å². The molecule has 0 saturated carbocycles. The summed E-state index contributed by atoms with van der Waals surface area (Å²) in [4.78, 5) is 9.53. The molecule has 3 nitrogen and oxygen atoms in total. The molecule has 5 heteroatoms. The van der Waals surface area contributed by atoms with Gasteiger partial charge in [0, 0.05) is 10.0 Å². The van der Waals surface area contributed by atoms with Crippen LogP contribution in [-0.2, 0) is 6.42 Å². The Bertz CT molecular complexity index is 496. The van der Waals surface area contributed by atoms with Gasteiger partial charge in [0.25, 0.3) is 0 Å². The lowest BCUT2D eigenvalue weighted by Gasteiger charge is -2.08. The van der Waals surface area contributed by atoms with E-state index in [9.17, 15) is 0 Å². The van der Waals surface area contributed by atoms with E-state index >= 15 is 0 Å². The molecule has 16 heavy (non-hydrogen) atoms. The molecule has 0 spiro atoms. The molecule has 0 unspecified atom stereocenters. The second kappa shape index (κ2) is 4.93. The second-order valence-corrected chi connectivity index (χ2v) is 5.20. The van der Waals surface area contributed by atoms with Gasteiger partial charge < -0.3 is 5.73 Å². The zero-order valence-electron chi connectivity index (χ0n) is 8.90. The van der Waals surface area contributed by atoms with E-state index in [1.54, 1.807) is 11.3 Å². The van der Waals surface area contributed by atoms with Crippen LogP contribution in [0.3, 0.4) is 0 Å². The summed E-state index contributed by atoms with van der Waals surface area (Å²) in [6.07, 6.45) is 3.47. The van der Waals surface area contributed by atoms with Crippen LogP contribution in [0.25, 0.3) is 10.6 Å². The molecule has 0 aliphatic heterocycles. The van der Waals surface area contributed by atoms with Crippen molar-refractivity contribution in [2.24, 2.45) is 0 Å². The van der Waals surface area contributed by atoms with Gasteiger partial charge in [-0.1, -0.05) is 13.3 Å². The van der Waals surface area contributed by atoms with Gasteiger partial charge >= 0.3 is 0 Å². The van der Waals surface area contributed by atoms with Gasteiger partial charge in [0.1, 0.15) is 12.1 Å². The first kappa shape index (κ1) is 11.5. The van der Waals surface area contributed by atoms with Crippen LogP contribution < -0.4 is 5.73 Å². The third-order valence-corrected chi connectivity index (χ3v) is 4.16. The van der Waals surface area contributed by atoms with Crippen molar-refractivity contribution in [2.75, 3.05) is 5.73 Å². The van der Waals surface area contributed by atoms with Gasteiger partial charge in [0.2, 0.25) is 0 Å². The van der Waals surface area contributed by atoms with Crippen LogP contribution in [0.4, 0.5) is 5.82 Å². The van der Waals surface area contributed by atoms with Crippen molar-refractivity contribution in [1.82, 2.24) is 9.97 Å². The summed E-state index contributed by atoms with van der Waals surface area (Å²) < 4.78 is 1.06. The second-order valence-electron chi connectivity index (χ2n) is 3.43. The zero-order valence-corrected chi connectivity index (χ0v) is 11.3. The minimum Gasteiger partial charge on any atom is -0.383 e. The van der Waals surface area contributed by atoms with Crippen molar-refractivity contribution in [3.8, 4) is 10.6 Å². The van der Waals surface area contributed by atoms with Crippen molar-refractivity contribution in [3.63, 3.8) is 0 Å². The van der Waals surface area contributed by atoms with E-state index in [1.165, 1.54) is 6.33 Å². The van der Waals surface area contributed by atoms with Gasteiger partial charge in [0.05, 0.1) is 10.6 Å². The molecule has 2 aromatic heterocycles. The molecule has 0 fully saturated rings. The fourth-order valence-corrected chi connectivity index (χ4v) is 3.16. The van der Waals surface area contributed by atoms with Crippen molar-refractivity contribution < 1.29 is 0 Å². The molecule has 0 atom stereocenters. The van der Waals surface area contributed by atoms with Gasteiger partial charge in [-0.25, -0.2) is 9.97 Å². The Balaban J connectivity index is 2.56. The van der Waals surface area contributed by atoms with E-state index in [2.05, 4.69) is 32.8 Å². The van der Waals surface area contributed by atoms with E-state index in [1.807, 2.05) is 11.4 Å². The Hall–Kier alpha value is -0.940. The standard InChI is InChI=1S/C11H12BrN3S/c1-2-3-7-9(14-6-15-11(7)13)10-8(12)4-5-16-10/h4-6H,2-3H2,1H3,(H2,13,14,15). The summed E-state index contributed by atoms with van der Waals surface area (Å²) in [5.74, 6) is 0.590. The van der Waals surface area contributed by atoms with E-state index < -0.39 is 0 Å². The first-order valence-corrected chi connectivity index (χ1v) is 6.74. The summed E-state index contributed by atoms with van der Waals surface area (Å²) in [5, 5.41) is 2.04. The third kappa shape index (κ3) is 2.10. The van der Waals surface area contributed by atoms with Crippen LogP contribution in [0.5, 0.6) is 0 Å². The van der Waals surface area contributed by atoms with E-state index in [4.69, 9.17) is 5.73 Å². The third-order valence-electron chi connectivity index (χ3n) is 2.31. The molecule has 2 rings (SSSR count). The van der Waals surface area contributed by atoms with Gasteiger partial charge in [-0.2, -0.15) is 0 Å². The van der Waals surface area contributed by atoms with Crippen molar-refractivity contribution >= 4 is 33.1 Å². The first-order chi connectivity index (χ1) is 7.74. The highest BCUT2D eigenvalue weighted by molar-refractivity contribution is 9.10. The maximum Gasteiger partial charge on any atom is 0.130 e. The molecular formula is C11H12BrN3S. The van der Waals surface area contributed by atoms with Gasteiger partial charge in [-0.3, -0.25) is 0 Å². The molecule has 0 aromatic carbocycles. The molecule has 0 amide bonds. The number of halogens is 1. The number of nitrogens with two attached hydrogens (primary N) is 1. The van der Waals surface area contributed by atoms with Gasteiger partial charge in [-0.05, 0) is 33.8 Å². The monoisotopic (exact) mass is 297 g/mol. The Kier molecular flexibility index (Phi) is 3.56. The highest BCUT2D eigenvalue weighted by atomic mass is 79.9.